The van der Waals surface area contributed by atoms with Crippen LogP contribution in [0.1, 0.15) is 16.1 Å². The molecular formula is C19H16FN3O3S. The normalized spacial score (nSPS) is 14.7. The maximum atomic E-state index is 13.0. The van der Waals surface area contributed by atoms with Gasteiger partial charge in [-0.3, -0.25) is 4.79 Å². The molecule has 1 aliphatic heterocycles. The predicted octanol–water partition coefficient (Wildman–Crippen LogP) is 2.41. The minimum Gasteiger partial charge on any atom is -0.347 e. The van der Waals surface area contributed by atoms with Crippen LogP contribution >= 0.6 is 0 Å². The Morgan fingerprint density at radius 2 is 1.81 bits per heavy atom. The molecule has 0 atom stereocenters. The van der Waals surface area contributed by atoms with Crippen LogP contribution in [0, 0.1) is 5.82 Å². The summed E-state index contributed by atoms with van der Waals surface area (Å²) >= 11 is 0. The summed E-state index contributed by atoms with van der Waals surface area (Å²) in [6, 6.07) is 14.8. The lowest BCUT2D eigenvalue weighted by Gasteiger charge is -2.09. The Hall–Kier alpha value is -3.00. The molecule has 8 heteroatoms. The molecule has 6 nitrogen and oxygen atoms in total. The molecule has 2 aromatic carbocycles. The fourth-order valence-corrected chi connectivity index (χ4v) is 4.43. The van der Waals surface area contributed by atoms with Gasteiger partial charge in [0.1, 0.15) is 17.2 Å². The van der Waals surface area contributed by atoms with Crippen LogP contribution < -0.4 is 5.32 Å². The van der Waals surface area contributed by atoms with Gasteiger partial charge in [-0.1, -0.05) is 42.5 Å². The van der Waals surface area contributed by atoms with E-state index in [2.05, 4.69) is 10.3 Å². The number of carbonyl (C=O) groups is 1. The molecule has 0 spiro atoms. The van der Waals surface area contributed by atoms with E-state index in [4.69, 9.17) is 0 Å². The lowest BCUT2D eigenvalue weighted by atomic mass is 10.1. The number of fused-ring (bicyclic) bond motifs is 1. The van der Waals surface area contributed by atoms with Crippen molar-refractivity contribution in [3.8, 4) is 11.3 Å². The quantitative estimate of drug-likeness (QED) is 0.748. The van der Waals surface area contributed by atoms with Gasteiger partial charge >= 0.3 is 0 Å². The summed E-state index contributed by atoms with van der Waals surface area (Å²) in [5.41, 5.74) is 1.96. The molecular weight excluding hydrogens is 369 g/mol. The van der Waals surface area contributed by atoms with E-state index in [-0.39, 0.29) is 35.5 Å². The lowest BCUT2D eigenvalue weighted by molar-refractivity contribution is 0.0942. The number of nitrogens with one attached hydrogen (secondary N) is 1. The third-order valence-electron chi connectivity index (χ3n) is 4.42. The van der Waals surface area contributed by atoms with Crippen LogP contribution in [0.5, 0.6) is 0 Å². The van der Waals surface area contributed by atoms with Crippen molar-refractivity contribution in [1.82, 2.24) is 14.9 Å². The number of nitrogens with zero attached hydrogens (tertiary/aromatic N) is 2. The first-order valence-corrected chi connectivity index (χ1v) is 10.0. The molecule has 3 aromatic rings. The Balaban J connectivity index is 1.70. The summed E-state index contributed by atoms with van der Waals surface area (Å²) in [7, 11) is -3.49. The van der Waals surface area contributed by atoms with Crippen LogP contribution in [-0.4, -0.2) is 29.6 Å². The molecule has 1 N–H and O–H groups in total. The maximum absolute atomic E-state index is 13.0. The zero-order valence-electron chi connectivity index (χ0n) is 14.2. The number of carbonyl (C=O) groups excluding carboxylic acids is 1. The predicted molar refractivity (Wildman–Crippen MR) is 97.3 cm³/mol. The van der Waals surface area contributed by atoms with Crippen molar-refractivity contribution in [2.45, 2.75) is 18.2 Å². The van der Waals surface area contributed by atoms with Crippen molar-refractivity contribution in [2.24, 2.45) is 0 Å². The summed E-state index contributed by atoms with van der Waals surface area (Å²) in [6.07, 6.45) is 0. The van der Waals surface area contributed by atoms with Crippen molar-refractivity contribution in [3.63, 3.8) is 0 Å². The third-order valence-corrected chi connectivity index (χ3v) is 6.01. The van der Waals surface area contributed by atoms with Gasteiger partial charge in [0, 0.05) is 18.7 Å². The standard InChI is InChI=1S/C19H16FN3O3S/c20-15-8-6-13(7-9-15)12-21-18(24)17-16(14-4-2-1-3-5-14)22-19-23(17)10-11-27(19,25)26/h1-9H,10-12H2,(H,21,24). The van der Waals surface area contributed by atoms with Crippen LogP contribution in [0.2, 0.25) is 0 Å². The van der Waals surface area contributed by atoms with Crippen molar-refractivity contribution < 1.29 is 17.6 Å². The molecule has 0 radical (unpaired) electrons. The molecule has 0 fully saturated rings. The first-order valence-electron chi connectivity index (χ1n) is 8.37. The fraction of sp³-hybridized carbons (Fsp3) is 0.158. The van der Waals surface area contributed by atoms with Crippen LogP contribution in [-0.2, 0) is 22.9 Å². The third kappa shape index (κ3) is 3.23. The van der Waals surface area contributed by atoms with E-state index >= 15 is 0 Å². The highest BCUT2D eigenvalue weighted by molar-refractivity contribution is 7.91. The average Bonchev–Trinajstić information content (AvgIpc) is 3.19. The van der Waals surface area contributed by atoms with E-state index < -0.39 is 15.7 Å². The van der Waals surface area contributed by atoms with Gasteiger partial charge in [0.25, 0.3) is 5.91 Å². The molecule has 0 bridgehead atoms. The molecule has 0 saturated carbocycles. The molecule has 0 unspecified atom stereocenters. The minimum atomic E-state index is -3.49. The van der Waals surface area contributed by atoms with Gasteiger partial charge in [-0.05, 0) is 17.7 Å². The Kier molecular flexibility index (Phi) is 4.27. The molecule has 1 amide bonds. The summed E-state index contributed by atoms with van der Waals surface area (Å²) in [5, 5.41) is 2.70. The maximum Gasteiger partial charge on any atom is 0.270 e. The zero-order valence-corrected chi connectivity index (χ0v) is 15.0. The van der Waals surface area contributed by atoms with Crippen LogP contribution in [0.25, 0.3) is 11.3 Å². The number of aromatic nitrogens is 2. The van der Waals surface area contributed by atoms with Crippen LogP contribution in [0.3, 0.4) is 0 Å². The van der Waals surface area contributed by atoms with Gasteiger partial charge in [-0.2, -0.15) is 0 Å². The van der Waals surface area contributed by atoms with E-state index in [0.717, 1.165) is 5.56 Å². The highest BCUT2D eigenvalue weighted by Gasteiger charge is 2.35. The SMILES string of the molecule is O=C(NCc1ccc(F)cc1)c1c(-c2ccccc2)nc2n1CCS2(=O)=O. The summed E-state index contributed by atoms with van der Waals surface area (Å²) in [5.74, 6) is -0.841. The second-order valence-electron chi connectivity index (χ2n) is 6.24. The number of imidazole rings is 1. The Bertz CT molecular complexity index is 1110. The average molecular weight is 385 g/mol. The highest BCUT2D eigenvalue weighted by Crippen LogP contribution is 2.30. The largest absolute Gasteiger partial charge is 0.347 e. The van der Waals surface area contributed by atoms with Gasteiger partial charge < -0.3 is 9.88 Å². The molecule has 1 aliphatic rings. The lowest BCUT2D eigenvalue weighted by Crippen LogP contribution is -2.26. The number of hydrogen-bond acceptors (Lipinski definition) is 4. The van der Waals surface area contributed by atoms with Crippen molar-refractivity contribution in [1.29, 1.82) is 0 Å². The second-order valence-corrected chi connectivity index (χ2v) is 8.24. The highest BCUT2D eigenvalue weighted by atomic mass is 32.2. The van der Waals surface area contributed by atoms with Crippen LogP contribution in [0.4, 0.5) is 4.39 Å². The van der Waals surface area contributed by atoms with Gasteiger partial charge in [-0.25, -0.2) is 17.8 Å². The summed E-state index contributed by atoms with van der Waals surface area (Å²) < 4.78 is 38.9. The number of sulfone groups is 1. The second kappa shape index (κ2) is 6.62. The van der Waals surface area contributed by atoms with E-state index in [9.17, 15) is 17.6 Å². The molecule has 1 aromatic heterocycles. The van der Waals surface area contributed by atoms with E-state index in [1.54, 1.807) is 36.4 Å². The fourth-order valence-electron chi connectivity index (χ4n) is 3.08. The smallest absolute Gasteiger partial charge is 0.270 e. The first-order chi connectivity index (χ1) is 13.0. The molecule has 138 valence electrons. The molecule has 27 heavy (non-hydrogen) atoms. The van der Waals surface area contributed by atoms with Crippen molar-refractivity contribution in [2.75, 3.05) is 5.75 Å². The number of halogens is 1. The molecule has 0 saturated heterocycles. The zero-order chi connectivity index (χ0) is 19.0. The van der Waals surface area contributed by atoms with E-state index in [1.165, 1.54) is 16.7 Å². The van der Waals surface area contributed by atoms with Gasteiger partial charge in [-0.15, -0.1) is 0 Å². The summed E-state index contributed by atoms with van der Waals surface area (Å²) in [4.78, 5) is 17.1. The van der Waals surface area contributed by atoms with E-state index in [0.29, 0.717) is 11.3 Å². The number of benzene rings is 2. The van der Waals surface area contributed by atoms with Crippen molar-refractivity contribution in [3.05, 3.63) is 71.7 Å². The number of rotatable bonds is 4. The van der Waals surface area contributed by atoms with Crippen molar-refractivity contribution >= 4 is 15.7 Å². The van der Waals surface area contributed by atoms with Crippen LogP contribution in [0.15, 0.2) is 59.8 Å². The van der Waals surface area contributed by atoms with Gasteiger partial charge in [0.05, 0.1) is 5.75 Å². The topological polar surface area (TPSA) is 81.1 Å². The molecule has 2 heterocycles. The first kappa shape index (κ1) is 17.4. The summed E-state index contributed by atoms with van der Waals surface area (Å²) in [6.45, 7) is 0.386. The molecule has 0 aliphatic carbocycles. The Morgan fingerprint density at radius 3 is 2.52 bits per heavy atom. The van der Waals surface area contributed by atoms with Gasteiger partial charge in [0.15, 0.2) is 0 Å². The molecule has 4 rings (SSSR count). The Morgan fingerprint density at radius 1 is 1.11 bits per heavy atom. The minimum absolute atomic E-state index is 0.0668. The number of amides is 1. The Labute approximate surface area is 155 Å². The van der Waals surface area contributed by atoms with Gasteiger partial charge in [0.2, 0.25) is 15.0 Å². The van der Waals surface area contributed by atoms with E-state index in [1.807, 2.05) is 6.07 Å². The number of hydrogen-bond donors (Lipinski definition) is 1. The monoisotopic (exact) mass is 385 g/mol.